The van der Waals surface area contributed by atoms with E-state index in [2.05, 4.69) is 34.6 Å². The maximum atomic E-state index is 11.9. The molecule has 1 N–H and O–H groups in total. The summed E-state index contributed by atoms with van der Waals surface area (Å²) in [5.41, 5.74) is -0.519. The molecule has 0 heterocycles. The van der Waals surface area contributed by atoms with E-state index in [4.69, 9.17) is 0 Å². The number of carbonyl (C=O) groups is 1. The molecule has 0 aliphatic carbocycles. The lowest BCUT2D eigenvalue weighted by molar-refractivity contribution is -0.155. The Balaban J connectivity index is 5.24. The quantitative estimate of drug-likeness (QED) is 0.632. The molecule has 0 aliphatic rings. The van der Waals surface area contributed by atoms with E-state index in [0.717, 1.165) is 32.1 Å². The fraction of sp³-hybridized carbons (Fsp3) is 0.938. The van der Waals surface area contributed by atoms with Crippen LogP contribution in [0.2, 0.25) is 0 Å². The van der Waals surface area contributed by atoms with Crippen molar-refractivity contribution in [1.29, 1.82) is 0 Å². The van der Waals surface area contributed by atoms with Crippen molar-refractivity contribution >= 4 is 5.97 Å². The zero-order valence-corrected chi connectivity index (χ0v) is 13.1. The molecule has 0 saturated carbocycles. The lowest BCUT2D eigenvalue weighted by atomic mass is 9.64. The predicted octanol–water partition coefficient (Wildman–Crippen LogP) is 4.98. The van der Waals surface area contributed by atoms with Gasteiger partial charge in [-0.3, -0.25) is 4.79 Å². The number of hydrogen-bond acceptors (Lipinski definition) is 1. The van der Waals surface area contributed by atoms with Gasteiger partial charge in [-0.1, -0.05) is 48.0 Å². The van der Waals surface area contributed by atoms with Gasteiger partial charge in [0.25, 0.3) is 0 Å². The molecule has 0 bridgehead atoms. The van der Waals surface area contributed by atoms with Crippen LogP contribution in [0.4, 0.5) is 0 Å². The van der Waals surface area contributed by atoms with Crippen molar-refractivity contribution in [1.82, 2.24) is 0 Å². The standard InChI is InChI=1S/C16H32O2/c1-7-9-14(10-12(3)4)16(8-2,15(17)18)11-13(5)6/h12-14H,7-11H2,1-6H3,(H,17,18). The second-order valence-electron chi connectivity index (χ2n) is 6.53. The second kappa shape index (κ2) is 7.81. The van der Waals surface area contributed by atoms with Crippen LogP contribution in [-0.4, -0.2) is 11.1 Å². The average Bonchev–Trinajstić information content (AvgIpc) is 2.24. The molecule has 0 aromatic carbocycles. The molecule has 0 radical (unpaired) electrons. The Morgan fingerprint density at radius 2 is 1.67 bits per heavy atom. The molecule has 0 amide bonds. The van der Waals surface area contributed by atoms with Crippen LogP contribution < -0.4 is 0 Å². The lowest BCUT2D eigenvalue weighted by Crippen LogP contribution is -2.40. The molecule has 2 heteroatoms. The largest absolute Gasteiger partial charge is 0.481 e. The Morgan fingerprint density at radius 3 is 1.94 bits per heavy atom. The summed E-state index contributed by atoms with van der Waals surface area (Å²) in [7, 11) is 0. The summed E-state index contributed by atoms with van der Waals surface area (Å²) in [5.74, 6) is 0.733. The fourth-order valence-corrected chi connectivity index (χ4v) is 3.28. The Labute approximate surface area is 113 Å². The monoisotopic (exact) mass is 256 g/mol. The van der Waals surface area contributed by atoms with Crippen molar-refractivity contribution in [2.45, 2.75) is 73.6 Å². The molecule has 2 nitrogen and oxygen atoms in total. The number of carboxylic acids is 1. The van der Waals surface area contributed by atoms with Crippen LogP contribution in [0.1, 0.15) is 73.6 Å². The van der Waals surface area contributed by atoms with Gasteiger partial charge in [0.05, 0.1) is 5.41 Å². The highest BCUT2D eigenvalue weighted by molar-refractivity contribution is 5.75. The minimum absolute atomic E-state index is 0.312. The molecular formula is C16H32O2. The van der Waals surface area contributed by atoms with Crippen LogP contribution in [-0.2, 0) is 4.79 Å². The van der Waals surface area contributed by atoms with E-state index in [-0.39, 0.29) is 0 Å². The van der Waals surface area contributed by atoms with E-state index in [9.17, 15) is 9.90 Å². The van der Waals surface area contributed by atoms with Gasteiger partial charge in [0.1, 0.15) is 0 Å². The minimum Gasteiger partial charge on any atom is -0.481 e. The summed E-state index contributed by atoms with van der Waals surface area (Å²) in [4.78, 5) is 11.9. The fourth-order valence-electron chi connectivity index (χ4n) is 3.28. The SMILES string of the molecule is CCCC(CC(C)C)C(CC)(CC(C)C)C(=O)O. The second-order valence-corrected chi connectivity index (χ2v) is 6.53. The molecule has 0 aliphatic heterocycles. The van der Waals surface area contributed by atoms with E-state index < -0.39 is 11.4 Å². The minimum atomic E-state index is -0.585. The summed E-state index contributed by atoms with van der Waals surface area (Å²) < 4.78 is 0. The highest BCUT2D eigenvalue weighted by Gasteiger charge is 2.44. The number of rotatable bonds is 9. The number of aliphatic carboxylic acids is 1. The third kappa shape index (κ3) is 4.62. The summed E-state index contributed by atoms with van der Waals surface area (Å²) in [6.45, 7) is 12.8. The van der Waals surface area contributed by atoms with Crippen molar-refractivity contribution in [3.63, 3.8) is 0 Å². The summed E-state index contributed by atoms with van der Waals surface area (Å²) in [6, 6.07) is 0. The van der Waals surface area contributed by atoms with Crippen LogP contribution in [0.15, 0.2) is 0 Å². The van der Waals surface area contributed by atoms with Crippen LogP contribution >= 0.6 is 0 Å². The van der Waals surface area contributed by atoms with Gasteiger partial charge < -0.3 is 5.11 Å². The van der Waals surface area contributed by atoms with Crippen LogP contribution in [0, 0.1) is 23.2 Å². The maximum absolute atomic E-state index is 11.9. The van der Waals surface area contributed by atoms with Crippen LogP contribution in [0.25, 0.3) is 0 Å². The first kappa shape index (κ1) is 17.5. The van der Waals surface area contributed by atoms with Gasteiger partial charge in [0.2, 0.25) is 0 Å². The van der Waals surface area contributed by atoms with Crippen molar-refractivity contribution in [2.24, 2.45) is 23.2 Å². The highest BCUT2D eigenvalue weighted by atomic mass is 16.4. The van der Waals surface area contributed by atoms with Gasteiger partial charge in [-0.15, -0.1) is 0 Å². The molecule has 18 heavy (non-hydrogen) atoms. The van der Waals surface area contributed by atoms with Gasteiger partial charge in [0.15, 0.2) is 0 Å². The Kier molecular flexibility index (Phi) is 7.58. The predicted molar refractivity (Wildman–Crippen MR) is 77.7 cm³/mol. The Morgan fingerprint density at radius 1 is 1.11 bits per heavy atom. The van der Waals surface area contributed by atoms with E-state index in [1.807, 2.05) is 6.92 Å². The number of hydrogen-bond donors (Lipinski definition) is 1. The van der Waals surface area contributed by atoms with Crippen LogP contribution in [0.3, 0.4) is 0 Å². The topological polar surface area (TPSA) is 37.3 Å². The smallest absolute Gasteiger partial charge is 0.309 e. The lowest BCUT2D eigenvalue weighted by Gasteiger charge is -2.39. The van der Waals surface area contributed by atoms with Crippen molar-refractivity contribution in [3.8, 4) is 0 Å². The molecule has 0 fully saturated rings. The van der Waals surface area contributed by atoms with Gasteiger partial charge in [-0.05, 0) is 43.4 Å². The molecular weight excluding hydrogens is 224 g/mol. The molecule has 2 atom stereocenters. The van der Waals surface area contributed by atoms with Gasteiger partial charge >= 0.3 is 5.97 Å². The zero-order chi connectivity index (χ0) is 14.3. The van der Waals surface area contributed by atoms with Crippen molar-refractivity contribution in [3.05, 3.63) is 0 Å². The first-order valence-electron chi connectivity index (χ1n) is 7.53. The molecule has 0 spiro atoms. The third-order valence-corrected chi connectivity index (χ3v) is 4.00. The van der Waals surface area contributed by atoms with E-state index in [1.165, 1.54) is 0 Å². The molecule has 2 unspecified atom stereocenters. The Hall–Kier alpha value is -0.530. The summed E-state index contributed by atoms with van der Waals surface area (Å²) in [5, 5.41) is 9.78. The normalized spacial score (nSPS) is 16.9. The van der Waals surface area contributed by atoms with Gasteiger partial charge in [0, 0.05) is 0 Å². The summed E-state index contributed by atoms with van der Waals surface area (Å²) >= 11 is 0. The third-order valence-electron chi connectivity index (χ3n) is 4.00. The van der Waals surface area contributed by atoms with Crippen molar-refractivity contribution < 1.29 is 9.90 Å². The van der Waals surface area contributed by atoms with Gasteiger partial charge in [-0.25, -0.2) is 0 Å². The molecule has 108 valence electrons. The van der Waals surface area contributed by atoms with E-state index in [0.29, 0.717) is 17.8 Å². The first-order chi connectivity index (χ1) is 8.30. The highest BCUT2D eigenvalue weighted by Crippen LogP contribution is 2.44. The maximum Gasteiger partial charge on any atom is 0.309 e. The molecule has 0 aromatic rings. The first-order valence-corrected chi connectivity index (χ1v) is 7.53. The zero-order valence-electron chi connectivity index (χ0n) is 13.1. The van der Waals surface area contributed by atoms with Gasteiger partial charge in [-0.2, -0.15) is 0 Å². The summed E-state index contributed by atoms with van der Waals surface area (Å²) in [6.07, 6.45) is 4.68. The van der Waals surface area contributed by atoms with Crippen molar-refractivity contribution in [2.75, 3.05) is 0 Å². The molecule has 0 rings (SSSR count). The average molecular weight is 256 g/mol. The molecule has 0 aromatic heterocycles. The van der Waals surface area contributed by atoms with Crippen LogP contribution in [0.5, 0.6) is 0 Å². The van der Waals surface area contributed by atoms with E-state index >= 15 is 0 Å². The van der Waals surface area contributed by atoms with E-state index in [1.54, 1.807) is 0 Å². The number of carboxylic acid groups (broad SMARTS) is 1. The Bertz CT molecular complexity index is 245. The molecule has 0 saturated heterocycles.